The summed E-state index contributed by atoms with van der Waals surface area (Å²) in [6.07, 6.45) is 1.69. The summed E-state index contributed by atoms with van der Waals surface area (Å²) in [5.41, 5.74) is 1.90. The Bertz CT molecular complexity index is 762. The van der Waals surface area contributed by atoms with Gasteiger partial charge < -0.3 is 10.4 Å². The number of amides is 1. The molecule has 1 aromatic heterocycles. The number of phenols is 1. The van der Waals surface area contributed by atoms with Crippen LogP contribution in [0.4, 0.5) is 5.69 Å². The normalized spacial score (nSPS) is 10.4. The molecule has 3 aromatic rings. The average molecular weight is 264 g/mol. The van der Waals surface area contributed by atoms with Gasteiger partial charge in [0, 0.05) is 17.1 Å². The molecule has 4 heteroatoms. The SMILES string of the molecule is O=C(Nc1cccc2cccnc12)c1ccc(O)cc1. The second kappa shape index (κ2) is 5.01. The largest absolute Gasteiger partial charge is 0.508 e. The third-order valence-corrected chi connectivity index (χ3v) is 3.01. The second-order valence-electron chi connectivity index (χ2n) is 4.38. The standard InChI is InChI=1S/C16H12N2O2/c19-13-8-6-12(7-9-13)16(20)18-14-5-1-3-11-4-2-10-17-15(11)14/h1-10,19H,(H,18,20). The molecule has 1 amide bonds. The van der Waals surface area contributed by atoms with Gasteiger partial charge in [0.2, 0.25) is 0 Å². The number of pyridine rings is 1. The minimum atomic E-state index is -0.233. The van der Waals surface area contributed by atoms with Gasteiger partial charge in [-0.1, -0.05) is 18.2 Å². The number of anilines is 1. The van der Waals surface area contributed by atoms with Crippen LogP contribution < -0.4 is 5.32 Å². The molecular weight excluding hydrogens is 252 g/mol. The van der Waals surface area contributed by atoms with E-state index in [1.807, 2.05) is 30.3 Å². The molecule has 20 heavy (non-hydrogen) atoms. The number of nitrogens with zero attached hydrogens (tertiary/aromatic N) is 1. The maximum Gasteiger partial charge on any atom is 0.255 e. The summed E-state index contributed by atoms with van der Waals surface area (Å²) in [6, 6.07) is 15.5. The topological polar surface area (TPSA) is 62.2 Å². The second-order valence-corrected chi connectivity index (χ2v) is 4.38. The molecule has 3 rings (SSSR count). The van der Waals surface area contributed by atoms with Crippen LogP contribution in [-0.2, 0) is 0 Å². The number of fused-ring (bicyclic) bond motifs is 1. The van der Waals surface area contributed by atoms with Crippen LogP contribution in [0, 0.1) is 0 Å². The van der Waals surface area contributed by atoms with E-state index in [2.05, 4.69) is 10.3 Å². The number of aromatic hydroxyl groups is 1. The molecule has 4 nitrogen and oxygen atoms in total. The van der Waals surface area contributed by atoms with Gasteiger partial charge in [-0.05, 0) is 36.4 Å². The van der Waals surface area contributed by atoms with Crippen LogP contribution in [-0.4, -0.2) is 16.0 Å². The van der Waals surface area contributed by atoms with Crippen LogP contribution in [0.3, 0.4) is 0 Å². The van der Waals surface area contributed by atoms with Crippen LogP contribution >= 0.6 is 0 Å². The lowest BCUT2D eigenvalue weighted by molar-refractivity contribution is 0.102. The predicted octanol–water partition coefficient (Wildman–Crippen LogP) is 3.19. The van der Waals surface area contributed by atoms with Crippen LogP contribution in [0.5, 0.6) is 5.75 Å². The van der Waals surface area contributed by atoms with Crippen molar-refractivity contribution in [2.24, 2.45) is 0 Å². The lowest BCUT2D eigenvalue weighted by Gasteiger charge is -2.08. The fraction of sp³-hybridized carbons (Fsp3) is 0. The van der Waals surface area contributed by atoms with Gasteiger partial charge in [-0.15, -0.1) is 0 Å². The molecule has 0 aliphatic rings. The lowest BCUT2D eigenvalue weighted by atomic mass is 10.1. The molecule has 0 atom stereocenters. The molecule has 0 fully saturated rings. The van der Waals surface area contributed by atoms with Crippen molar-refractivity contribution in [3.05, 3.63) is 66.4 Å². The van der Waals surface area contributed by atoms with E-state index in [1.54, 1.807) is 18.3 Å². The quantitative estimate of drug-likeness (QED) is 0.747. The molecule has 0 aliphatic carbocycles. The zero-order valence-electron chi connectivity index (χ0n) is 10.6. The first-order chi connectivity index (χ1) is 9.74. The van der Waals surface area contributed by atoms with Crippen LogP contribution in [0.2, 0.25) is 0 Å². The van der Waals surface area contributed by atoms with E-state index < -0.39 is 0 Å². The molecule has 1 heterocycles. The number of nitrogens with one attached hydrogen (secondary N) is 1. The van der Waals surface area contributed by atoms with Gasteiger partial charge in [0.25, 0.3) is 5.91 Å². The van der Waals surface area contributed by atoms with Crippen LogP contribution in [0.15, 0.2) is 60.8 Å². The maximum absolute atomic E-state index is 12.1. The van der Waals surface area contributed by atoms with E-state index in [9.17, 15) is 9.90 Å². The monoisotopic (exact) mass is 264 g/mol. The van der Waals surface area contributed by atoms with E-state index in [-0.39, 0.29) is 11.7 Å². The number of aromatic nitrogens is 1. The molecule has 2 aromatic carbocycles. The third-order valence-electron chi connectivity index (χ3n) is 3.01. The van der Waals surface area contributed by atoms with Gasteiger partial charge in [-0.25, -0.2) is 0 Å². The summed E-state index contributed by atoms with van der Waals surface area (Å²) in [5.74, 6) is -0.100. The molecule has 2 N–H and O–H groups in total. The fourth-order valence-corrected chi connectivity index (χ4v) is 2.01. The van der Waals surface area contributed by atoms with Crippen molar-refractivity contribution in [3.8, 4) is 5.75 Å². The van der Waals surface area contributed by atoms with Crippen molar-refractivity contribution in [1.29, 1.82) is 0 Å². The summed E-state index contributed by atoms with van der Waals surface area (Å²) in [5, 5.41) is 13.0. The Morgan fingerprint density at radius 2 is 1.75 bits per heavy atom. The van der Waals surface area contributed by atoms with Crippen molar-refractivity contribution in [3.63, 3.8) is 0 Å². The van der Waals surface area contributed by atoms with E-state index in [0.717, 1.165) is 10.9 Å². The van der Waals surface area contributed by atoms with Crippen LogP contribution in [0.1, 0.15) is 10.4 Å². The zero-order chi connectivity index (χ0) is 13.9. The number of rotatable bonds is 2. The number of hydrogen-bond acceptors (Lipinski definition) is 3. The Balaban J connectivity index is 1.93. The Labute approximate surface area is 115 Å². The number of carbonyl (C=O) groups excluding carboxylic acids is 1. The van der Waals surface area contributed by atoms with Crippen molar-refractivity contribution in [2.45, 2.75) is 0 Å². The highest BCUT2D eigenvalue weighted by atomic mass is 16.3. The van der Waals surface area contributed by atoms with E-state index in [4.69, 9.17) is 0 Å². The fourth-order valence-electron chi connectivity index (χ4n) is 2.01. The molecule has 0 radical (unpaired) electrons. The van der Waals surface area contributed by atoms with E-state index in [1.165, 1.54) is 12.1 Å². The first kappa shape index (κ1) is 12.2. The number of carbonyl (C=O) groups is 1. The number of benzene rings is 2. The maximum atomic E-state index is 12.1. The molecule has 0 aliphatic heterocycles. The van der Waals surface area contributed by atoms with Gasteiger partial charge in [0.15, 0.2) is 0 Å². The van der Waals surface area contributed by atoms with Crippen molar-refractivity contribution >= 4 is 22.5 Å². The summed E-state index contributed by atoms with van der Waals surface area (Å²) in [4.78, 5) is 16.4. The van der Waals surface area contributed by atoms with Crippen LogP contribution in [0.25, 0.3) is 10.9 Å². The Hall–Kier alpha value is -2.88. The van der Waals surface area contributed by atoms with E-state index in [0.29, 0.717) is 11.3 Å². The van der Waals surface area contributed by atoms with Crippen molar-refractivity contribution in [1.82, 2.24) is 4.98 Å². The Morgan fingerprint density at radius 3 is 2.55 bits per heavy atom. The number of hydrogen-bond donors (Lipinski definition) is 2. The summed E-state index contributed by atoms with van der Waals surface area (Å²) >= 11 is 0. The van der Waals surface area contributed by atoms with Gasteiger partial charge in [-0.3, -0.25) is 9.78 Å². The highest BCUT2D eigenvalue weighted by Crippen LogP contribution is 2.21. The Kier molecular flexibility index (Phi) is 3.05. The molecule has 0 bridgehead atoms. The molecule has 98 valence electrons. The van der Waals surface area contributed by atoms with Crippen molar-refractivity contribution < 1.29 is 9.90 Å². The van der Waals surface area contributed by atoms with Gasteiger partial charge in [0.05, 0.1) is 11.2 Å². The van der Waals surface area contributed by atoms with E-state index >= 15 is 0 Å². The molecular formula is C16H12N2O2. The van der Waals surface area contributed by atoms with Gasteiger partial charge in [-0.2, -0.15) is 0 Å². The molecule has 0 spiro atoms. The van der Waals surface area contributed by atoms with Gasteiger partial charge in [0.1, 0.15) is 5.75 Å². The first-order valence-electron chi connectivity index (χ1n) is 6.18. The average Bonchev–Trinajstić information content (AvgIpc) is 2.48. The summed E-state index contributed by atoms with van der Waals surface area (Å²) in [6.45, 7) is 0. The molecule has 0 unspecified atom stereocenters. The minimum Gasteiger partial charge on any atom is -0.508 e. The Morgan fingerprint density at radius 1 is 1.00 bits per heavy atom. The molecule has 0 saturated carbocycles. The summed E-state index contributed by atoms with van der Waals surface area (Å²) in [7, 11) is 0. The minimum absolute atomic E-state index is 0.133. The highest BCUT2D eigenvalue weighted by molar-refractivity contribution is 6.08. The predicted molar refractivity (Wildman–Crippen MR) is 77.8 cm³/mol. The smallest absolute Gasteiger partial charge is 0.255 e. The first-order valence-corrected chi connectivity index (χ1v) is 6.18. The number of para-hydroxylation sites is 1. The number of phenolic OH excluding ortho intramolecular Hbond substituents is 1. The molecule has 0 saturated heterocycles. The van der Waals surface area contributed by atoms with Gasteiger partial charge >= 0.3 is 0 Å². The zero-order valence-corrected chi connectivity index (χ0v) is 10.6. The highest BCUT2D eigenvalue weighted by Gasteiger charge is 2.08. The third kappa shape index (κ3) is 2.31. The van der Waals surface area contributed by atoms with Crippen molar-refractivity contribution in [2.75, 3.05) is 5.32 Å². The summed E-state index contributed by atoms with van der Waals surface area (Å²) < 4.78 is 0. The lowest BCUT2D eigenvalue weighted by Crippen LogP contribution is -2.12.